The molecule has 2 atom stereocenters. The summed E-state index contributed by atoms with van der Waals surface area (Å²) in [4.78, 5) is 21.1. The minimum absolute atomic E-state index is 0.0456. The van der Waals surface area contributed by atoms with Crippen LogP contribution in [0.1, 0.15) is 37.0 Å². The van der Waals surface area contributed by atoms with Crippen LogP contribution in [-0.2, 0) is 14.9 Å². The molecule has 1 aliphatic heterocycles. The Hall–Kier alpha value is -1.48. The van der Waals surface area contributed by atoms with Crippen molar-refractivity contribution in [2.24, 2.45) is 11.8 Å². The monoisotopic (exact) mass is 383 g/mol. The quantitative estimate of drug-likeness (QED) is 0.526. The van der Waals surface area contributed by atoms with Gasteiger partial charge in [-0.05, 0) is 55.5 Å². The number of carbonyl (C=O) groups excluding carboxylic acids is 1. The number of likely N-dealkylation sites (tertiary alicyclic amines) is 1. The van der Waals surface area contributed by atoms with E-state index in [0.717, 1.165) is 37.9 Å². The Morgan fingerprint density at radius 2 is 1.81 bits per heavy atom. The van der Waals surface area contributed by atoms with Crippen molar-refractivity contribution < 1.29 is 18.0 Å². The summed E-state index contributed by atoms with van der Waals surface area (Å²) >= 11 is 0. The molecule has 0 aromatic heterocycles. The molecular weight excluding hydrogens is 354 g/mol. The van der Waals surface area contributed by atoms with Crippen molar-refractivity contribution in [2.45, 2.75) is 31.6 Å². The molecular formula is C18H29N3O4S. The maximum atomic E-state index is 12.2. The first-order chi connectivity index (χ1) is 12.3. The lowest BCUT2D eigenvalue weighted by Gasteiger charge is -2.34. The Morgan fingerprint density at radius 1 is 1.19 bits per heavy atom. The summed E-state index contributed by atoms with van der Waals surface area (Å²) < 4.78 is 23.6. The Balaban J connectivity index is 1.77. The van der Waals surface area contributed by atoms with E-state index < -0.39 is 10.0 Å². The van der Waals surface area contributed by atoms with Crippen LogP contribution >= 0.6 is 0 Å². The smallest absolute Gasteiger partial charge is 0.262 e. The molecule has 0 saturated carbocycles. The Morgan fingerprint density at radius 3 is 2.38 bits per heavy atom. The first kappa shape index (κ1) is 20.8. The molecule has 0 spiro atoms. The summed E-state index contributed by atoms with van der Waals surface area (Å²) in [7, 11) is -2.48. The molecule has 146 valence electrons. The first-order valence-electron chi connectivity index (χ1n) is 8.97. The average molecular weight is 384 g/mol. The third kappa shape index (κ3) is 6.05. The van der Waals surface area contributed by atoms with Crippen molar-refractivity contribution in [1.29, 1.82) is 0 Å². The summed E-state index contributed by atoms with van der Waals surface area (Å²) in [6.07, 6.45) is 2.19. The van der Waals surface area contributed by atoms with Crippen LogP contribution in [0.5, 0.6) is 0 Å². The Labute approximate surface area is 156 Å². The highest BCUT2D eigenvalue weighted by Crippen LogP contribution is 2.20. The SMILES string of the molecule is CONS(=O)(=O)c1ccc(C(=O)NCCCN2CC(C)CC(C)C2)cc1. The van der Waals surface area contributed by atoms with E-state index in [1.165, 1.54) is 37.8 Å². The number of rotatable bonds is 8. The second kappa shape index (κ2) is 9.45. The Bertz CT molecular complexity index is 681. The molecule has 1 heterocycles. The molecule has 2 N–H and O–H groups in total. The van der Waals surface area contributed by atoms with Gasteiger partial charge in [0.05, 0.1) is 12.0 Å². The number of nitrogens with zero attached hydrogens (tertiary/aromatic N) is 1. The van der Waals surface area contributed by atoms with Gasteiger partial charge >= 0.3 is 0 Å². The molecule has 8 heteroatoms. The van der Waals surface area contributed by atoms with E-state index in [-0.39, 0.29) is 10.8 Å². The molecule has 1 saturated heterocycles. The summed E-state index contributed by atoms with van der Waals surface area (Å²) in [5.41, 5.74) is 0.432. The number of nitrogens with one attached hydrogen (secondary N) is 2. The van der Waals surface area contributed by atoms with Gasteiger partial charge in [0.1, 0.15) is 0 Å². The van der Waals surface area contributed by atoms with Gasteiger partial charge in [-0.2, -0.15) is 0 Å². The summed E-state index contributed by atoms with van der Waals surface area (Å²) in [6.45, 7) is 8.42. The highest BCUT2D eigenvalue weighted by Gasteiger charge is 2.21. The van der Waals surface area contributed by atoms with Gasteiger partial charge in [0.25, 0.3) is 15.9 Å². The largest absolute Gasteiger partial charge is 0.352 e. The summed E-state index contributed by atoms with van der Waals surface area (Å²) in [5, 5.41) is 2.89. The van der Waals surface area contributed by atoms with E-state index in [2.05, 4.69) is 28.9 Å². The zero-order valence-electron chi connectivity index (χ0n) is 15.7. The minimum atomic E-state index is -3.70. The molecule has 0 radical (unpaired) electrons. The topological polar surface area (TPSA) is 87.7 Å². The number of benzene rings is 1. The number of piperidine rings is 1. The van der Waals surface area contributed by atoms with E-state index >= 15 is 0 Å². The van der Waals surface area contributed by atoms with Crippen molar-refractivity contribution in [1.82, 2.24) is 15.1 Å². The third-order valence-electron chi connectivity index (χ3n) is 4.50. The van der Waals surface area contributed by atoms with Gasteiger partial charge in [-0.1, -0.05) is 18.7 Å². The van der Waals surface area contributed by atoms with Gasteiger partial charge in [0.15, 0.2) is 0 Å². The predicted molar refractivity (Wildman–Crippen MR) is 100 cm³/mol. The highest BCUT2D eigenvalue weighted by atomic mass is 32.2. The van der Waals surface area contributed by atoms with Gasteiger partial charge in [0, 0.05) is 25.2 Å². The standard InChI is InChI=1S/C18H29N3O4S/c1-14-11-15(2)13-21(12-14)10-4-9-19-18(22)16-5-7-17(8-6-16)26(23,24)20-25-3/h5-8,14-15,20H,4,9-13H2,1-3H3,(H,19,22). The fourth-order valence-corrected chi connectivity index (χ4v) is 4.33. The Kier molecular flexibility index (Phi) is 7.57. The number of sulfonamides is 1. The van der Waals surface area contributed by atoms with Crippen LogP contribution < -0.4 is 10.2 Å². The van der Waals surface area contributed by atoms with Crippen molar-refractivity contribution in [2.75, 3.05) is 33.3 Å². The zero-order valence-corrected chi connectivity index (χ0v) is 16.5. The summed E-state index contributed by atoms with van der Waals surface area (Å²) in [6, 6.07) is 5.75. The van der Waals surface area contributed by atoms with E-state index in [9.17, 15) is 13.2 Å². The highest BCUT2D eigenvalue weighted by molar-refractivity contribution is 7.89. The number of hydrogen-bond acceptors (Lipinski definition) is 5. The van der Waals surface area contributed by atoms with Crippen LogP contribution in [0.25, 0.3) is 0 Å². The molecule has 1 amide bonds. The maximum Gasteiger partial charge on any atom is 0.262 e. The molecule has 1 aliphatic rings. The van der Waals surface area contributed by atoms with Crippen molar-refractivity contribution >= 4 is 15.9 Å². The molecule has 0 bridgehead atoms. The van der Waals surface area contributed by atoms with Crippen molar-refractivity contribution in [3.63, 3.8) is 0 Å². The van der Waals surface area contributed by atoms with Crippen molar-refractivity contribution in [3.05, 3.63) is 29.8 Å². The predicted octanol–water partition coefficient (Wildman–Crippen LogP) is 1.62. The number of carbonyl (C=O) groups is 1. The van der Waals surface area contributed by atoms with Gasteiger partial charge < -0.3 is 10.2 Å². The fraction of sp³-hybridized carbons (Fsp3) is 0.611. The first-order valence-corrected chi connectivity index (χ1v) is 10.5. The fourth-order valence-electron chi connectivity index (χ4n) is 3.52. The van der Waals surface area contributed by atoms with Crippen LogP contribution in [0.3, 0.4) is 0 Å². The van der Waals surface area contributed by atoms with Gasteiger partial charge in [-0.25, -0.2) is 8.42 Å². The van der Waals surface area contributed by atoms with E-state index in [4.69, 9.17) is 0 Å². The third-order valence-corrected chi connectivity index (χ3v) is 5.78. The molecule has 26 heavy (non-hydrogen) atoms. The lowest BCUT2D eigenvalue weighted by Crippen LogP contribution is -2.40. The molecule has 2 unspecified atom stereocenters. The molecule has 0 aliphatic carbocycles. The number of hydrogen-bond donors (Lipinski definition) is 2. The van der Waals surface area contributed by atoms with Crippen LogP contribution in [0.15, 0.2) is 29.2 Å². The van der Waals surface area contributed by atoms with Crippen LogP contribution in [-0.4, -0.2) is 52.5 Å². The molecule has 7 nitrogen and oxygen atoms in total. The second-order valence-corrected chi connectivity index (χ2v) is 8.78. The van der Waals surface area contributed by atoms with Crippen LogP contribution in [0, 0.1) is 11.8 Å². The maximum absolute atomic E-state index is 12.2. The minimum Gasteiger partial charge on any atom is -0.352 e. The normalized spacial score (nSPS) is 21.5. The van der Waals surface area contributed by atoms with Crippen LogP contribution in [0.4, 0.5) is 0 Å². The van der Waals surface area contributed by atoms with E-state index in [1.807, 2.05) is 4.89 Å². The lowest BCUT2D eigenvalue weighted by molar-refractivity contribution is 0.0947. The molecule has 1 aromatic carbocycles. The second-order valence-electron chi connectivity index (χ2n) is 7.13. The summed E-state index contributed by atoms with van der Waals surface area (Å²) in [5.74, 6) is 1.26. The van der Waals surface area contributed by atoms with E-state index in [0.29, 0.717) is 12.1 Å². The van der Waals surface area contributed by atoms with Gasteiger partial charge in [-0.15, -0.1) is 0 Å². The van der Waals surface area contributed by atoms with E-state index in [1.54, 1.807) is 0 Å². The molecule has 1 fully saturated rings. The van der Waals surface area contributed by atoms with Gasteiger partial charge in [0.2, 0.25) is 0 Å². The lowest BCUT2D eigenvalue weighted by atomic mass is 9.92. The van der Waals surface area contributed by atoms with Crippen molar-refractivity contribution in [3.8, 4) is 0 Å². The molecule has 1 aromatic rings. The van der Waals surface area contributed by atoms with Gasteiger partial charge in [-0.3, -0.25) is 9.63 Å². The molecule has 2 rings (SSSR count). The number of amides is 1. The zero-order chi connectivity index (χ0) is 19.2. The van der Waals surface area contributed by atoms with Crippen LogP contribution in [0.2, 0.25) is 0 Å². The average Bonchev–Trinajstić information content (AvgIpc) is 2.58.